The lowest BCUT2D eigenvalue weighted by molar-refractivity contribution is -0.122. The van der Waals surface area contributed by atoms with Crippen molar-refractivity contribution in [1.82, 2.24) is 4.90 Å². The van der Waals surface area contributed by atoms with Crippen LogP contribution in [0.1, 0.15) is 25.8 Å². The molecule has 0 N–H and O–H groups in total. The van der Waals surface area contributed by atoms with Crippen LogP contribution in [0.15, 0.2) is 21.5 Å². The number of nitrogens with zero attached hydrogens (tertiary/aromatic N) is 1. The molecule has 7 heteroatoms. The Hall–Kier alpha value is -1.05. The quantitative estimate of drug-likeness (QED) is 0.506. The molecule has 0 bridgehead atoms. The van der Waals surface area contributed by atoms with E-state index < -0.39 is 0 Å². The number of thioether (sulfide) groups is 1. The summed E-state index contributed by atoms with van der Waals surface area (Å²) in [6, 6.07) is 3.75. The molecule has 0 aromatic heterocycles. The molecule has 1 saturated heterocycles. The summed E-state index contributed by atoms with van der Waals surface area (Å²) in [4.78, 5) is 14.7. The molecule has 1 aromatic carbocycles. The Morgan fingerprint density at radius 3 is 2.74 bits per heavy atom. The Morgan fingerprint density at radius 2 is 2.13 bits per heavy atom. The monoisotopic (exact) mass is 415 g/mol. The zero-order valence-corrected chi connectivity index (χ0v) is 16.4. The lowest BCUT2D eigenvalue weighted by Crippen LogP contribution is -2.28. The van der Waals surface area contributed by atoms with Crippen LogP contribution in [-0.4, -0.2) is 35.4 Å². The summed E-state index contributed by atoms with van der Waals surface area (Å²) >= 11 is 10.1. The molecule has 23 heavy (non-hydrogen) atoms. The van der Waals surface area contributed by atoms with Crippen LogP contribution in [0.25, 0.3) is 6.08 Å². The van der Waals surface area contributed by atoms with Crippen molar-refractivity contribution in [3.05, 3.63) is 27.1 Å². The smallest absolute Gasteiger partial charge is 0.266 e. The minimum atomic E-state index is -0.0363. The average Bonchev–Trinajstić information content (AvgIpc) is 2.77. The molecule has 0 aliphatic carbocycles. The fraction of sp³-hybridized carbons (Fsp3) is 0.375. The van der Waals surface area contributed by atoms with Crippen LogP contribution in [0.3, 0.4) is 0 Å². The van der Waals surface area contributed by atoms with Gasteiger partial charge in [-0.25, -0.2) is 0 Å². The predicted octanol–water partition coefficient (Wildman–Crippen LogP) is 4.47. The van der Waals surface area contributed by atoms with Gasteiger partial charge in [0.25, 0.3) is 5.91 Å². The van der Waals surface area contributed by atoms with E-state index in [4.69, 9.17) is 21.7 Å². The summed E-state index contributed by atoms with van der Waals surface area (Å²) in [5.41, 5.74) is 0.856. The van der Waals surface area contributed by atoms with Crippen LogP contribution >= 0.6 is 39.9 Å². The normalized spacial score (nSPS) is 16.3. The lowest BCUT2D eigenvalue weighted by Gasteiger charge is -2.13. The number of halogens is 1. The summed E-state index contributed by atoms with van der Waals surface area (Å²) in [5.74, 6) is 1.24. The number of thiocarbonyl (C=S) groups is 1. The van der Waals surface area contributed by atoms with Gasteiger partial charge >= 0.3 is 0 Å². The van der Waals surface area contributed by atoms with E-state index in [0.717, 1.165) is 16.5 Å². The molecule has 1 heterocycles. The predicted molar refractivity (Wildman–Crippen MR) is 102 cm³/mol. The van der Waals surface area contributed by atoms with Gasteiger partial charge in [0.15, 0.2) is 11.5 Å². The SMILES string of the molecule is CCCN1C(=O)/C(=C/c2cc(Br)c(OCC)c(OC)c2)SC1=S. The number of hydrogen-bond acceptors (Lipinski definition) is 5. The molecule has 1 aromatic rings. The van der Waals surface area contributed by atoms with Crippen LogP contribution in [0, 0.1) is 0 Å². The van der Waals surface area contributed by atoms with Crippen molar-refractivity contribution < 1.29 is 14.3 Å². The van der Waals surface area contributed by atoms with E-state index in [0.29, 0.717) is 33.9 Å². The second-order valence-corrected chi connectivity index (χ2v) is 7.33. The van der Waals surface area contributed by atoms with Gasteiger partial charge in [-0.2, -0.15) is 0 Å². The Bertz CT molecular complexity index is 661. The average molecular weight is 416 g/mol. The first-order valence-electron chi connectivity index (χ1n) is 7.27. The highest BCUT2D eigenvalue weighted by Crippen LogP contribution is 2.39. The van der Waals surface area contributed by atoms with Gasteiger partial charge in [0.05, 0.1) is 23.1 Å². The fourth-order valence-corrected chi connectivity index (χ4v) is 4.06. The zero-order chi connectivity index (χ0) is 17.0. The molecule has 0 unspecified atom stereocenters. The number of ether oxygens (including phenoxy) is 2. The Morgan fingerprint density at radius 1 is 1.39 bits per heavy atom. The highest BCUT2D eigenvalue weighted by Gasteiger charge is 2.31. The first-order chi connectivity index (χ1) is 11.0. The van der Waals surface area contributed by atoms with Crippen molar-refractivity contribution >= 4 is 56.2 Å². The zero-order valence-electron chi connectivity index (χ0n) is 13.2. The third kappa shape index (κ3) is 4.08. The van der Waals surface area contributed by atoms with Gasteiger partial charge in [-0.05, 0) is 53.0 Å². The van der Waals surface area contributed by atoms with Crippen molar-refractivity contribution in [3.63, 3.8) is 0 Å². The van der Waals surface area contributed by atoms with Crippen LogP contribution in [0.2, 0.25) is 0 Å². The van der Waals surface area contributed by atoms with Gasteiger partial charge < -0.3 is 9.47 Å². The van der Waals surface area contributed by atoms with Crippen molar-refractivity contribution in [3.8, 4) is 11.5 Å². The molecule has 0 radical (unpaired) electrons. The van der Waals surface area contributed by atoms with Crippen LogP contribution in [-0.2, 0) is 4.79 Å². The van der Waals surface area contributed by atoms with Gasteiger partial charge in [0.2, 0.25) is 0 Å². The third-order valence-electron chi connectivity index (χ3n) is 3.16. The summed E-state index contributed by atoms with van der Waals surface area (Å²) in [6.07, 6.45) is 2.71. The molecule has 1 fully saturated rings. The van der Waals surface area contributed by atoms with E-state index in [1.54, 1.807) is 12.0 Å². The number of rotatable bonds is 6. The largest absolute Gasteiger partial charge is 0.493 e. The maximum atomic E-state index is 12.4. The molecule has 1 aliphatic rings. The van der Waals surface area contributed by atoms with Gasteiger partial charge in [-0.1, -0.05) is 30.9 Å². The van der Waals surface area contributed by atoms with Gasteiger partial charge in [0, 0.05) is 6.54 Å². The van der Waals surface area contributed by atoms with E-state index in [1.165, 1.54) is 11.8 Å². The topological polar surface area (TPSA) is 38.8 Å². The van der Waals surface area contributed by atoms with E-state index >= 15 is 0 Å². The molecule has 0 saturated carbocycles. The molecule has 2 rings (SSSR count). The standard InChI is InChI=1S/C16H18BrNO3S2/c1-4-6-18-15(19)13(23-16(18)22)9-10-7-11(17)14(21-5-2)12(8-10)20-3/h7-9H,4-6H2,1-3H3/b13-9-. The molecule has 124 valence electrons. The first kappa shape index (κ1) is 18.3. The van der Waals surface area contributed by atoms with Gasteiger partial charge in [-0.15, -0.1) is 0 Å². The first-order valence-corrected chi connectivity index (χ1v) is 9.29. The number of carbonyl (C=O) groups is 1. The van der Waals surface area contributed by atoms with Crippen LogP contribution in [0.4, 0.5) is 0 Å². The number of benzene rings is 1. The Kier molecular flexibility index (Phi) is 6.50. The maximum Gasteiger partial charge on any atom is 0.266 e. The van der Waals surface area contributed by atoms with E-state index in [2.05, 4.69) is 15.9 Å². The number of methoxy groups -OCH3 is 1. The van der Waals surface area contributed by atoms with Crippen molar-refractivity contribution in [2.45, 2.75) is 20.3 Å². The highest BCUT2D eigenvalue weighted by atomic mass is 79.9. The second kappa shape index (κ2) is 8.17. The summed E-state index contributed by atoms with van der Waals surface area (Å²) in [7, 11) is 1.59. The molecule has 0 atom stereocenters. The molecular formula is C16H18BrNO3S2. The summed E-state index contributed by atoms with van der Waals surface area (Å²) in [6.45, 7) is 5.14. The third-order valence-corrected chi connectivity index (χ3v) is 5.13. The minimum Gasteiger partial charge on any atom is -0.493 e. The van der Waals surface area contributed by atoms with Crippen LogP contribution in [0.5, 0.6) is 11.5 Å². The summed E-state index contributed by atoms with van der Waals surface area (Å²) < 4.78 is 12.4. The van der Waals surface area contributed by atoms with E-state index in [9.17, 15) is 4.79 Å². The van der Waals surface area contributed by atoms with Crippen molar-refractivity contribution in [2.24, 2.45) is 0 Å². The van der Waals surface area contributed by atoms with Gasteiger partial charge in [0.1, 0.15) is 4.32 Å². The van der Waals surface area contributed by atoms with Crippen molar-refractivity contribution in [2.75, 3.05) is 20.3 Å². The Labute approximate surface area is 154 Å². The maximum absolute atomic E-state index is 12.4. The van der Waals surface area contributed by atoms with Crippen molar-refractivity contribution in [1.29, 1.82) is 0 Å². The number of hydrogen-bond donors (Lipinski definition) is 0. The lowest BCUT2D eigenvalue weighted by atomic mass is 10.2. The van der Waals surface area contributed by atoms with E-state index in [1.807, 2.05) is 32.1 Å². The molecule has 4 nitrogen and oxygen atoms in total. The molecule has 1 aliphatic heterocycles. The number of amides is 1. The molecule has 0 spiro atoms. The van der Waals surface area contributed by atoms with E-state index in [-0.39, 0.29) is 5.91 Å². The fourth-order valence-electron chi connectivity index (χ4n) is 2.18. The molecule has 1 amide bonds. The second-order valence-electron chi connectivity index (χ2n) is 4.80. The highest BCUT2D eigenvalue weighted by molar-refractivity contribution is 9.10. The number of carbonyl (C=O) groups excluding carboxylic acids is 1. The van der Waals surface area contributed by atoms with Gasteiger partial charge in [-0.3, -0.25) is 9.69 Å². The Balaban J connectivity index is 2.34. The minimum absolute atomic E-state index is 0.0363. The molecular weight excluding hydrogens is 398 g/mol. The summed E-state index contributed by atoms with van der Waals surface area (Å²) in [5, 5.41) is 0. The van der Waals surface area contributed by atoms with Crippen LogP contribution < -0.4 is 9.47 Å².